The van der Waals surface area contributed by atoms with E-state index in [4.69, 9.17) is 10.5 Å². The topological polar surface area (TPSA) is 78.9 Å². The van der Waals surface area contributed by atoms with Crippen molar-refractivity contribution in [2.45, 2.75) is 13.5 Å². The number of pyridine rings is 1. The largest absolute Gasteiger partial charge is 0.453 e. The van der Waals surface area contributed by atoms with Gasteiger partial charge in [-0.3, -0.25) is 9.67 Å². The van der Waals surface area contributed by atoms with Gasteiger partial charge in [0.05, 0.1) is 21.3 Å². The van der Waals surface area contributed by atoms with E-state index in [1.165, 1.54) is 23.5 Å². The van der Waals surface area contributed by atoms with Gasteiger partial charge < -0.3 is 10.5 Å². The first kappa shape index (κ1) is 15.5. The molecule has 0 aliphatic heterocycles. The number of ether oxygens (including phenoxy) is 1. The van der Waals surface area contributed by atoms with Crippen LogP contribution in [-0.2, 0) is 6.54 Å². The maximum atomic E-state index is 14.0. The van der Waals surface area contributed by atoms with Crippen LogP contribution in [0.5, 0.6) is 11.5 Å². The molecule has 0 saturated carbocycles. The first-order valence-electron chi connectivity index (χ1n) is 7.66. The summed E-state index contributed by atoms with van der Waals surface area (Å²) in [5.74, 6) is 0.147. The number of thiophene rings is 1. The van der Waals surface area contributed by atoms with Gasteiger partial charge in [-0.15, -0.1) is 16.4 Å². The molecule has 1 aromatic carbocycles. The summed E-state index contributed by atoms with van der Waals surface area (Å²) in [6.45, 7) is 2.75. The Bertz CT molecular complexity index is 1060. The van der Waals surface area contributed by atoms with Crippen molar-refractivity contribution in [1.29, 1.82) is 0 Å². The molecule has 0 amide bonds. The predicted octanol–water partition coefficient (Wildman–Crippen LogP) is 4.09. The molecule has 8 heteroatoms. The Morgan fingerprint density at radius 1 is 1.24 bits per heavy atom. The number of fused-ring (bicyclic) bond motifs is 1. The Morgan fingerprint density at radius 3 is 2.88 bits per heavy atom. The summed E-state index contributed by atoms with van der Waals surface area (Å²) in [5, 5.41) is 8.22. The standard InChI is InChI=1S/C17H14FN5OS/c1-2-23-9-13(21-22-23)16-8-12-17(25-16)15(5-6-20-12)24-14-4-3-10(19)7-11(14)18/h3-9H,2,19H2,1H3. The lowest BCUT2D eigenvalue weighted by Crippen LogP contribution is -1.93. The third-order valence-electron chi connectivity index (χ3n) is 3.67. The number of nitrogens with two attached hydrogens (primary N) is 1. The number of benzene rings is 1. The van der Waals surface area contributed by atoms with Crippen LogP contribution >= 0.6 is 11.3 Å². The van der Waals surface area contributed by atoms with Gasteiger partial charge in [0.15, 0.2) is 11.6 Å². The minimum atomic E-state index is -0.507. The van der Waals surface area contributed by atoms with E-state index >= 15 is 0 Å². The molecule has 0 saturated heterocycles. The maximum Gasteiger partial charge on any atom is 0.167 e. The predicted molar refractivity (Wildman–Crippen MR) is 95.2 cm³/mol. The maximum absolute atomic E-state index is 14.0. The average Bonchev–Trinajstić information content (AvgIpc) is 3.24. The van der Waals surface area contributed by atoms with Crippen molar-refractivity contribution in [3.63, 3.8) is 0 Å². The Labute approximate surface area is 146 Å². The third kappa shape index (κ3) is 2.91. The lowest BCUT2D eigenvalue weighted by molar-refractivity contribution is 0.447. The molecule has 0 aliphatic carbocycles. The number of hydrogen-bond donors (Lipinski definition) is 1. The molecule has 2 N–H and O–H groups in total. The Balaban J connectivity index is 1.74. The molecule has 126 valence electrons. The van der Waals surface area contributed by atoms with Gasteiger partial charge in [0, 0.05) is 30.6 Å². The van der Waals surface area contributed by atoms with Crippen LogP contribution in [0.15, 0.2) is 42.7 Å². The van der Waals surface area contributed by atoms with Crippen LogP contribution in [0.1, 0.15) is 6.92 Å². The summed E-state index contributed by atoms with van der Waals surface area (Å²) in [6.07, 6.45) is 3.51. The minimum Gasteiger partial charge on any atom is -0.453 e. The van der Waals surface area contributed by atoms with Gasteiger partial charge in [-0.2, -0.15) is 0 Å². The van der Waals surface area contributed by atoms with E-state index in [-0.39, 0.29) is 5.75 Å². The van der Waals surface area contributed by atoms with Crippen LogP contribution in [0.3, 0.4) is 0 Å². The number of rotatable bonds is 4. The summed E-state index contributed by atoms with van der Waals surface area (Å²) in [6, 6.07) is 7.98. The second-order valence-electron chi connectivity index (χ2n) is 5.39. The summed E-state index contributed by atoms with van der Waals surface area (Å²) < 4.78 is 22.3. The van der Waals surface area contributed by atoms with Crippen molar-refractivity contribution in [2.24, 2.45) is 0 Å². The summed E-state index contributed by atoms with van der Waals surface area (Å²) in [4.78, 5) is 5.28. The highest BCUT2D eigenvalue weighted by atomic mass is 32.1. The number of halogens is 1. The van der Waals surface area contributed by atoms with Crippen LogP contribution in [0, 0.1) is 5.82 Å². The fourth-order valence-electron chi connectivity index (χ4n) is 2.41. The Hall–Kier alpha value is -3.00. The molecule has 4 rings (SSSR count). The van der Waals surface area contributed by atoms with E-state index in [9.17, 15) is 4.39 Å². The molecule has 6 nitrogen and oxygen atoms in total. The van der Waals surface area contributed by atoms with Gasteiger partial charge in [0.1, 0.15) is 11.4 Å². The molecule has 0 fully saturated rings. The molecule has 4 aromatic rings. The van der Waals surface area contributed by atoms with Crippen LogP contribution < -0.4 is 10.5 Å². The van der Waals surface area contributed by atoms with E-state index in [2.05, 4.69) is 15.3 Å². The second-order valence-corrected chi connectivity index (χ2v) is 6.44. The first-order valence-corrected chi connectivity index (χ1v) is 8.47. The smallest absolute Gasteiger partial charge is 0.167 e. The van der Waals surface area contributed by atoms with Crippen molar-refractivity contribution < 1.29 is 9.13 Å². The number of aromatic nitrogens is 4. The van der Waals surface area contributed by atoms with Crippen LogP contribution in [0.25, 0.3) is 20.8 Å². The fraction of sp³-hybridized carbons (Fsp3) is 0.118. The normalized spacial score (nSPS) is 11.1. The molecule has 0 spiro atoms. The van der Waals surface area contributed by atoms with Crippen LogP contribution in [-0.4, -0.2) is 20.0 Å². The molecule has 0 atom stereocenters. The molecule has 3 aromatic heterocycles. The quantitative estimate of drug-likeness (QED) is 0.558. The van der Waals surface area contributed by atoms with E-state index in [1.807, 2.05) is 19.2 Å². The highest BCUT2D eigenvalue weighted by Crippen LogP contribution is 2.39. The van der Waals surface area contributed by atoms with Gasteiger partial charge in [-0.05, 0) is 25.1 Å². The van der Waals surface area contributed by atoms with Crippen molar-refractivity contribution >= 4 is 27.2 Å². The van der Waals surface area contributed by atoms with Gasteiger partial charge >= 0.3 is 0 Å². The molecule has 0 bridgehead atoms. The van der Waals surface area contributed by atoms with Crippen molar-refractivity contribution in [3.8, 4) is 22.1 Å². The zero-order valence-electron chi connectivity index (χ0n) is 13.3. The van der Waals surface area contributed by atoms with E-state index in [0.717, 1.165) is 27.3 Å². The number of hydrogen-bond acceptors (Lipinski definition) is 6. The monoisotopic (exact) mass is 355 g/mol. The average molecular weight is 355 g/mol. The zero-order chi connectivity index (χ0) is 17.4. The van der Waals surface area contributed by atoms with E-state index in [0.29, 0.717) is 11.4 Å². The zero-order valence-corrected chi connectivity index (χ0v) is 14.1. The number of aryl methyl sites for hydroxylation is 1. The SMILES string of the molecule is CCn1cc(-c2cc3nccc(Oc4ccc(N)cc4F)c3s2)nn1. The van der Waals surface area contributed by atoms with Gasteiger partial charge in [-0.25, -0.2) is 4.39 Å². The summed E-state index contributed by atoms with van der Waals surface area (Å²) in [5.41, 5.74) is 7.46. The van der Waals surface area contributed by atoms with Gasteiger partial charge in [0.25, 0.3) is 0 Å². The molecular formula is C17H14FN5OS. The fourth-order valence-corrected chi connectivity index (χ4v) is 3.42. The minimum absolute atomic E-state index is 0.119. The van der Waals surface area contributed by atoms with Crippen molar-refractivity contribution in [3.05, 3.63) is 48.5 Å². The molecule has 0 radical (unpaired) electrons. The molecule has 25 heavy (non-hydrogen) atoms. The molecule has 0 unspecified atom stereocenters. The lowest BCUT2D eigenvalue weighted by atomic mass is 10.3. The lowest BCUT2D eigenvalue weighted by Gasteiger charge is -2.07. The molecular weight excluding hydrogens is 341 g/mol. The third-order valence-corrected chi connectivity index (χ3v) is 4.83. The van der Waals surface area contributed by atoms with Crippen LogP contribution in [0.4, 0.5) is 10.1 Å². The van der Waals surface area contributed by atoms with E-state index < -0.39 is 5.82 Å². The van der Waals surface area contributed by atoms with Gasteiger partial charge in [-0.1, -0.05) is 5.21 Å². The molecule has 3 heterocycles. The number of anilines is 1. The van der Waals surface area contributed by atoms with Crippen LogP contribution in [0.2, 0.25) is 0 Å². The van der Waals surface area contributed by atoms with Gasteiger partial charge in [0.2, 0.25) is 0 Å². The first-order chi connectivity index (χ1) is 12.1. The number of nitrogen functional groups attached to an aromatic ring is 1. The Kier molecular flexibility index (Phi) is 3.81. The van der Waals surface area contributed by atoms with Crippen molar-refractivity contribution in [1.82, 2.24) is 20.0 Å². The Morgan fingerprint density at radius 2 is 2.12 bits per heavy atom. The highest BCUT2D eigenvalue weighted by molar-refractivity contribution is 7.22. The van der Waals surface area contributed by atoms with Crippen molar-refractivity contribution in [2.75, 3.05) is 5.73 Å². The highest BCUT2D eigenvalue weighted by Gasteiger charge is 2.14. The summed E-state index contributed by atoms with van der Waals surface area (Å²) in [7, 11) is 0. The van der Waals surface area contributed by atoms with E-state index in [1.54, 1.807) is 23.0 Å². The second kappa shape index (κ2) is 6.14. The number of nitrogens with zero attached hydrogens (tertiary/aromatic N) is 4. The summed E-state index contributed by atoms with van der Waals surface area (Å²) >= 11 is 1.48. The molecule has 0 aliphatic rings.